The van der Waals surface area contributed by atoms with Crippen LogP contribution in [0, 0.1) is 5.82 Å². The van der Waals surface area contributed by atoms with Gasteiger partial charge in [0.2, 0.25) is 0 Å². The van der Waals surface area contributed by atoms with E-state index in [2.05, 4.69) is 9.88 Å². The van der Waals surface area contributed by atoms with Crippen LogP contribution < -0.4 is 5.32 Å². The third-order valence-corrected chi connectivity index (χ3v) is 5.23. The minimum Gasteiger partial charge on any atom is -0.348 e. The van der Waals surface area contributed by atoms with E-state index in [1.165, 1.54) is 12.1 Å². The summed E-state index contributed by atoms with van der Waals surface area (Å²) in [4.78, 5) is 14.6. The van der Waals surface area contributed by atoms with Crippen LogP contribution in [0.3, 0.4) is 0 Å². The second-order valence-electron chi connectivity index (χ2n) is 6.30. The third-order valence-electron chi connectivity index (χ3n) is 4.67. The van der Waals surface area contributed by atoms with Crippen molar-refractivity contribution in [1.82, 2.24) is 9.47 Å². The van der Waals surface area contributed by atoms with E-state index in [9.17, 15) is 9.18 Å². The van der Waals surface area contributed by atoms with Crippen molar-refractivity contribution in [3.63, 3.8) is 0 Å². The number of carbonyl (C=O) groups is 1. The lowest BCUT2D eigenvalue weighted by Crippen LogP contribution is -2.44. The van der Waals surface area contributed by atoms with Gasteiger partial charge in [-0.15, -0.1) is 0 Å². The summed E-state index contributed by atoms with van der Waals surface area (Å²) in [7, 11) is 0. The van der Waals surface area contributed by atoms with Crippen LogP contribution in [0.4, 0.5) is 14.9 Å². The number of hydrogen-bond acceptors (Lipinski definition) is 1. The van der Waals surface area contributed by atoms with Crippen molar-refractivity contribution < 1.29 is 9.18 Å². The van der Waals surface area contributed by atoms with Crippen molar-refractivity contribution in [2.45, 2.75) is 12.6 Å². The van der Waals surface area contributed by atoms with Gasteiger partial charge in [-0.2, -0.15) is 0 Å². The van der Waals surface area contributed by atoms with Gasteiger partial charge in [-0.05, 0) is 42.0 Å². The molecule has 1 N–H and O–H groups in total. The van der Waals surface area contributed by atoms with Gasteiger partial charge in [0.15, 0.2) is 0 Å². The van der Waals surface area contributed by atoms with Crippen LogP contribution in [0.1, 0.15) is 17.3 Å². The summed E-state index contributed by atoms with van der Waals surface area (Å²) in [6.07, 6.45) is 1.97. The summed E-state index contributed by atoms with van der Waals surface area (Å²) in [6.45, 7) is 1.11. The summed E-state index contributed by atoms with van der Waals surface area (Å²) < 4.78 is 16.0. The largest absolute Gasteiger partial charge is 0.348 e. The quantitative estimate of drug-likeness (QED) is 0.596. The van der Waals surface area contributed by atoms with Crippen LogP contribution in [-0.2, 0) is 6.54 Å². The first-order valence-corrected chi connectivity index (χ1v) is 9.22. The molecule has 1 aliphatic heterocycles. The van der Waals surface area contributed by atoms with E-state index in [1.54, 1.807) is 29.2 Å². The molecule has 1 unspecified atom stereocenters. The van der Waals surface area contributed by atoms with E-state index in [0.717, 1.165) is 11.3 Å². The molecule has 4 nitrogen and oxygen atoms in total. The molecular weight excluding hydrogens is 388 g/mol. The average Bonchev–Trinajstić information content (AvgIpc) is 3.12. The molecule has 0 saturated heterocycles. The fraction of sp³-hybridized carbons (Fsp3) is 0.150. The van der Waals surface area contributed by atoms with Crippen molar-refractivity contribution in [2.24, 2.45) is 0 Å². The highest BCUT2D eigenvalue weighted by Crippen LogP contribution is 2.37. The van der Waals surface area contributed by atoms with Crippen molar-refractivity contribution in [2.75, 3.05) is 11.9 Å². The molecule has 3 aromatic rings. The molecule has 1 aliphatic rings. The number of hydrogen-bond donors (Lipinski definition) is 1. The number of fused-ring (bicyclic) bond motifs is 1. The number of rotatable bonds is 2. The molecule has 27 heavy (non-hydrogen) atoms. The highest BCUT2D eigenvalue weighted by atomic mass is 35.5. The number of benzene rings is 2. The van der Waals surface area contributed by atoms with Crippen LogP contribution in [0.25, 0.3) is 0 Å². The smallest absolute Gasteiger partial charge is 0.322 e. The van der Waals surface area contributed by atoms with E-state index >= 15 is 0 Å². The molecule has 0 bridgehead atoms. The highest BCUT2D eigenvalue weighted by molar-refractivity contribution is 6.35. The third kappa shape index (κ3) is 3.40. The minimum absolute atomic E-state index is 0.143. The van der Waals surface area contributed by atoms with Gasteiger partial charge in [-0.3, -0.25) is 0 Å². The van der Waals surface area contributed by atoms with E-state index in [-0.39, 0.29) is 11.7 Å². The molecule has 2 amide bonds. The Morgan fingerprint density at radius 2 is 1.89 bits per heavy atom. The lowest BCUT2D eigenvalue weighted by molar-refractivity contribution is 0.182. The Bertz CT molecular complexity index is 1000. The molecule has 0 aliphatic carbocycles. The van der Waals surface area contributed by atoms with Crippen molar-refractivity contribution in [3.8, 4) is 0 Å². The van der Waals surface area contributed by atoms with Gasteiger partial charge in [-0.1, -0.05) is 41.4 Å². The first-order chi connectivity index (χ1) is 13.0. The number of aromatic nitrogens is 1. The number of amides is 2. The van der Waals surface area contributed by atoms with Gasteiger partial charge in [0.1, 0.15) is 11.9 Å². The lowest BCUT2D eigenvalue weighted by atomic mass is 10.00. The van der Waals surface area contributed by atoms with Gasteiger partial charge in [-0.25, -0.2) is 9.18 Å². The molecule has 4 rings (SSSR count). The maximum atomic E-state index is 14.0. The number of anilines is 1. The Morgan fingerprint density at radius 3 is 2.67 bits per heavy atom. The second kappa shape index (κ2) is 7.25. The molecular formula is C20H16Cl2FN3O. The Hall–Kier alpha value is -2.50. The Kier molecular flexibility index (Phi) is 4.81. The van der Waals surface area contributed by atoms with E-state index in [0.29, 0.717) is 23.1 Å². The molecule has 2 heterocycles. The molecule has 0 radical (unpaired) electrons. The standard InChI is InChI=1S/C20H16Cl2FN3O/c21-13-7-8-14(15(22)12-13)19-18-6-3-9-25(18)10-11-26(19)20(27)24-17-5-2-1-4-16(17)23/h1-9,12,19H,10-11H2,(H,24,27). The Morgan fingerprint density at radius 1 is 1.07 bits per heavy atom. The zero-order valence-corrected chi connectivity index (χ0v) is 15.7. The van der Waals surface area contributed by atoms with Crippen molar-refractivity contribution in [3.05, 3.63) is 87.9 Å². The van der Waals surface area contributed by atoms with Gasteiger partial charge in [0.25, 0.3) is 0 Å². The zero-order chi connectivity index (χ0) is 19.0. The normalized spacial score (nSPS) is 16.1. The first kappa shape index (κ1) is 17.9. The van der Waals surface area contributed by atoms with E-state index in [4.69, 9.17) is 23.2 Å². The average molecular weight is 404 g/mol. The maximum Gasteiger partial charge on any atom is 0.322 e. The van der Waals surface area contributed by atoms with Crippen LogP contribution in [0.5, 0.6) is 0 Å². The number of urea groups is 1. The number of nitrogens with one attached hydrogen (secondary N) is 1. The summed E-state index contributed by atoms with van der Waals surface area (Å²) in [5, 5.41) is 3.67. The van der Waals surface area contributed by atoms with Crippen LogP contribution >= 0.6 is 23.2 Å². The monoisotopic (exact) mass is 403 g/mol. The molecule has 0 saturated carbocycles. The summed E-state index contributed by atoms with van der Waals surface area (Å²) in [6, 6.07) is 14.4. The van der Waals surface area contributed by atoms with Crippen LogP contribution in [0.15, 0.2) is 60.8 Å². The van der Waals surface area contributed by atoms with Gasteiger partial charge < -0.3 is 14.8 Å². The SMILES string of the molecule is O=C(Nc1ccccc1F)N1CCn2cccc2C1c1ccc(Cl)cc1Cl. The van der Waals surface area contributed by atoms with E-state index < -0.39 is 11.9 Å². The van der Waals surface area contributed by atoms with Crippen LogP contribution in [0.2, 0.25) is 10.0 Å². The molecule has 7 heteroatoms. The molecule has 0 spiro atoms. The van der Waals surface area contributed by atoms with Gasteiger partial charge in [0, 0.05) is 35.0 Å². The van der Waals surface area contributed by atoms with Gasteiger partial charge >= 0.3 is 6.03 Å². The molecule has 0 fully saturated rings. The molecule has 1 aromatic heterocycles. The number of halogens is 3. The van der Waals surface area contributed by atoms with Crippen LogP contribution in [-0.4, -0.2) is 22.0 Å². The zero-order valence-electron chi connectivity index (χ0n) is 14.2. The summed E-state index contributed by atoms with van der Waals surface area (Å²) >= 11 is 12.5. The first-order valence-electron chi connectivity index (χ1n) is 8.47. The summed E-state index contributed by atoms with van der Waals surface area (Å²) in [5.41, 5.74) is 1.85. The predicted molar refractivity (Wildman–Crippen MR) is 105 cm³/mol. The maximum absolute atomic E-state index is 14.0. The fourth-order valence-corrected chi connectivity index (χ4v) is 3.91. The minimum atomic E-state index is -0.479. The van der Waals surface area contributed by atoms with Crippen molar-refractivity contribution in [1.29, 1.82) is 0 Å². The Balaban J connectivity index is 1.72. The Labute approximate surface area is 166 Å². The molecule has 138 valence electrons. The topological polar surface area (TPSA) is 37.3 Å². The van der Waals surface area contributed by atoms with Gasteiger partial charge in [0.05, 0.1) is 5.69 Å². The fourth-order valence-electron chi connectivity index (χ4n) is 3.40. The predicted octanol–water partition coefficient (Wildman–Crippen LogP) is 5.57. The molecule has 1 atom stereocenters. The second-order valence-corrected chi connectivity index (χ2v) is 7.14. The number of para-hydroxylation sites is 1. The number of carbonyl (C=O) groups excluding carboxylic acids is 1. The van der Waals surface area contributed by atoms with Crippen molar-refractivity contribution >= 4 is 34.9 Å². The highest BCUT2D eigenvalue weighted by Gasteiger charge is 2.33. The van der Waals surface area contributed by atoms with E-state index in [1.807, 2.05) is 24.4 Å². The molecule has 2 aromatic carbocycles. The summed E-state index contributed by atoms with van der Waals surface area (Å²) in [5.74, 6) is -0.479. The number of nitrogens with zero attached hydrogens (tertiary/aromatic N) is 2. The lowest BCUT2D eigenvalue weighted by Gasteiger charge is -2.37.